The number of hydrogen-bond acceptors (Lipinski definition) is 3. The lowest BCUT2D eigenvalue weighted by Crippen LogP contribution is -2.03. The molecule has 64 heavy (non-hydrogen) atoms. The molecule has 0 unspecified atom stereocenters. The van der Waals surface area contributed by atoms with E-state index >= 15 is 0 Å². The van der Waals surface area contributed by atoms with E-state index in [0.29, 0.717) is 0 Å². The van der Waals surface area contributed by atoms with Crippen molar-refractivity contribution in [1.29, 1.82) is 0 Å². The molecule has 0 atom stereocenters. The average Bonchev–Trinajstić information content (AvgIpc) is 1.58. The maximum Gasteiger partial charge on any atom is 0.144 e. The maximum absolute atomic E-state index is 9.99. The van der Waals surface area contributed by atoms with Gasteiger partial charge in [0, 0.05) is 49.4 Å². The lowest BCUT2D eigenvalue weighted by molar-refractivity contribution is 0.662. The van der Waals surface area contributed by atoms with Gasteiger partial charge in [-0.2, -0.15) is 0 Å². The predicted octanol–water partition coefficient (Wildman–Crippen LogP) is 17.2. The van der Waals surface area contributed by atoms with Gasteiger partial charge in [-0.05, 0) is 80.3 Å². The molecule has 300 valence electrons. The van der Waals surface area contributed by atoms with Crippen molar-refractivity contribution in [3.05, 3.63) is 240 Å². The first kappa shape index (κ1) is 15.7. The zero-order chi connectivity index (χ0) is 72.6. The largest absolute Gasteiger partial charge is 0.456 e. The summed E-state index contributed by atoms with van der Waals surface area (Å²) in [4.78, 5) is 0. The second-order valence-corrected chi connectivity index (χ2v) is 14.0. The summed E-state index contributed by atoms with van der Waals surface area (Å²) in [6.07, 6.45) is 0. The van der Waals surface area contributed by atoms with Gasteiger partial charge in [0.1, 0.15) is 33.5 Å². The van der Waals surface area contributed by atoms with Gasteiger partial charge in [-0.3, -0.25) is 0 Å². The molecule has 3 aromatic heterocycles. The van der Waals surface area contributed by atoms with E-state index in [9.17, 15) is 20.6 Å². The molecule has 0 bridgehead atoms. The van der Waals surface area contributed by atoms with Crippen LogP contribution in [0, 0.1) is 0 Å². The highest BCUT2D eigenvalue weighted by Gasteiger charge is 2.24. The lowest BCUT2D eigenvalue weighted by Gasteiger charge is -2.20. The first-order chi connectivity index (χ1) is 46.3. The molecular weight excluding hydrogens is 781 g/mol. The third kappa shape index (κ3) is 5.90. The summed E-state index contributed by atoms with van der Waals surface area (Å²) in [5, 5.41) is -2.08. The summed E-state index contributed by atoms with van der Waals surface area (Å²) in [6.45, 7) is 0. The average molecular weight is 854 g/mol. The number of fused-ring (bicyclic) bond motifs is 9. The normalized spacial score (nSPS) is 19.5. The quantitative estimate of drug-likeness (QED) is 0.150. The van der Waals surface area contributed by atoms with Crippen LogP contribution < -0.4 is 0 Å². The fourth-order valence-corrected chi connectivity index (χ4v) is 7.58. The Morgan fingerprint density at radius 1 is 0.328 bits per heavy atom. The minimum absolute atomic E-state index is 0.269. The Bertz CT molecular complexity index is 5720. The van der Waals surface area contributed by atoms with Crippen molar-refractivity contribution in [3.8, 4) is 44.5 Å². The zero-order valence-electron chi connectivity index (χ0n) is 67.0. The zero-order valence-corrected chi connectivity index (χ0v) is 32.0. The summed E-state index contributed by atoms with van der Waals surface area (Å²) in [5.41, 5.74) is -11.6. The SMILES string of the molecule is [2H]c1c([2H])c([2H])c(-c2c([2H])c([2H])c(C(c3c([2H])c([2H])c(-c4cc([2H])c5oc6c(-c7c([2H])c([2H])c([2H])c8c7oc7c([2H])c([2H])c([2H])c([2H])c78)c7c(cc6c5c4[2H])oc4c([2H])c([2H])c([2H])c([2H])c47)c([2H])c3[2H])c3c([2H])c([2H])c(-c4c([2H])c([2H])c([2H])c([2H])c4[2H])c([2H])c3[2H])c([2H])c2[2H])c([2H])c1[2H]. The topological polar surface area (TPSA) is 39.4 Å². The number of furan rings is 3. The van der Waals surface area contributed by atoms with Crippen LogP contribution in [0.5, 0.6) is 0 Å². The summed E-state index contributed by atoms with van der Waals surface area (Å²) in [6, 6.07) is -31.4. The molecule has 13 aromatic rings. The molecule has 0 aliphatic carbocycles. The fourth-order valence-electron chi connectivity index (χ4n) is 7.58. The molecule has 0 spiro atoms. The minimum Gasteiger partial charge on any atom is -0.456 e. The molecular formula is C61H38O3. The van der Waals surface area contributed by atoms with Crippen LogP contribution in [0.2, 0.25) is 0 Å². The van der Waals surface area contributed by atoms with E-state index in [1.165, 1.54) is 6.07 Å². The van der Waals surface area contributed by atoms with Gasteiger partial charge >= 0.3 is 0 Å². The molecule has 0 aliphatic heterocycles. The van der Waals surface area contributed by atoms with Crippen LogP contribution in [0.4, 0.5) is 0 Å². The van der Waals surface area contributed by atoms with Crippen LogP contribution in [-0.2, 0) is 0 Å². The molecule has 0 amide bonds. The molecule has 0 N–H and O–H groups in total. The van der Waals surface area contributed by atoms with Crippen molar-refractivity contribution in [2.45, 2.75) is 5.92 Å². The Morgan fingerprint density at radius 2 is 0.812 bits per heavy atom. The summed E-state index contributed by atoms with van der Waals surface area (Å²) < 4.78 is 335. The van der Waals surface area contributed by atoms with Crippen LogP contribution in [-0.4, -0.2) is 0 Å². The van der Waals surface area contributed by atoms with Crippen molar-refractivity contribution in [2.24, 2.45) is 0 Å². The second kappa shape index (κ2) is 14.6. The molecule has 3 heterocycles. The molecule has 10 aromatic carbocycles. The van der Waals surface area contributed by atoms with Crippen LogP contribution >= 0.6 is 0 Å². The highest BCUT2D eigenvalue weighted by Crippen LogP contribution is 2.48. The van der Waals surface area contributed by atoms with Crippen molar-refractivity contribution in [2.75, 3.05) is 0 Å². The standard InChI is InChI=1S/C61H38O3/c1-3-12-38(13-4-1)40-22-28-43(29-23-40)57(44-30-24-41(25-31-44)39-14-5-2-6-15-39)45-32-26-42(27-33-45)46-34-35-55-51(36-46)52-37-56-58(49-17-8-10-21-54(49)62-56)59(61(52)64-55)50-19-11-18-48-47-16-7-9-20-53(47)63-60(48)50/h1-37,57H/i1D,2D,3D,4D,5D,6D,7D,8D,9D,10D,11D,12D,13D,14D,15D,16D,17D,18D,19D,20D,21D,22D,23D,24D,25D,26D,27D,28D,29D,30D,31D,32D,33D,35D,36D. The Morgan fingerprint density at radius 3 is 1.44 bits per heavy atom. The van der Waals surface area contributed by atoms with Gasteiger partial charge in [-0.25, -0.2) is 0 Å². The summed E-state index contributed by atoms with van der Waals surface area (Å²) >= 11 is 0. The van der Waals surface area contributed by atoms with Crippen LogP contribution in [0.1, 0.15) is 70.6 Å². The van der Waals surface area contributed by atoms with E-state index < -0.39 is 317 Å². The Labute approximate surface area is 418 Å². The van der Waals surface area contributed by atoms with Gasteiger partial charge in [0.2, 0.25) is 0 Å². The Hall–Kier alpha value is -8.40. The van der Waals surface area contributed by atoms with Gasteiger partial charge in [-0.15, -0.1) is 0 Å². The van der Waals surface area contributed by atoms with Crippen LogP contribution in [0.15, 0.2) is 237 Å². The number of benzene rings is 10. The van der Waals surface area contributed by atoms with Gasteiger partial charge in [-0.1, -0.05) is 193 Å². The predicted molar refractivity (Wildman–Crippen MR) is 264 cm³/mol. The third-order valence-electron chi connectivity index (χ3n) is 10.4. The number of para-hydroxylation sites is 3. The van der Waals surface area contributed by atoms with Crippen molar-refractivity contribution in [1.82, 2.24) is 0 Å². The van der Waals surface area contributed by atoms with E-state index in [4.69, 9.17) is 40.7 Å². The summed E-state index contributed by atoms with van der Waals surface area (Å²) in [5.74, 6) is -2.52. The van der Waals surface area contributed by atoms with Crippen molar-refractivity contribution < 1.29 is 61.2 Å². The van der Waals surface area contributed by atoms with Crippen molar-refractivity contribution in [3.63, 3.8) is 0 Å². The highest BCUT2D eigenvalue weighted by molar-refractivity contribution is 6.26. The van der Waals surface area contributed by atoms with E-state index in [2.05, 4.69) is 0 Å². The summed E-state index contributed by atoms with van der Waals surface area (Å²) in [7, 11) is 0. The van der Waals surface area contributed by atoms with Crippen LogP contribution in [0.3, 0.4) is 0 Å². The fraction of sp³-hybridized carbons (Fsp3) is 0.0164. The maximum atomic E-state index is 9.99. The van der Waals surface area contributed by atoms with Gasteiger partial charge in [0.05, 0.1) is 48.0 Å². The van der Waals surface area contributed by atoms with E-state index in [-0.39, 0.29) is 27.1 Å². The highest BCUT2D eigenvalue weighted by atomic mass is 16.3. The van der Waals surface area contributed by atoms with Gasteiger partial charge < -0.3 is 13.3 Å². The van der Waals surface area contributed by atoms with E-state index in [0.717, 1.165) is 6.07 Å². The molecule has 0 aliphatic rings. The minimum atomic E-state index is -2.52. The number of hydrogen-bond donors (Lipinski definition) is 0. The second-order valence-electron chi connectivity index (χ2n) is 14.0. The third-order valence-corrected chi connectivity index (χ3v) is 10.4. The van der Waals surface area contributed by atoms with Gasteiger partial charge in [0.25, 0.3) is 0 Å². The molecule has 0 fully saturated rings. The van der Waals surface area contributed by atoms with Gasteiger partial charge in [0.15, 0.2) is 0 Å². The molecule has 0 saturated carbocycles. The lowest BCUT2D eigenvalue weighted by atomic mass is 9.83. The van der Waals surface area contributed by atoms with E-state index in [1.54, 1.807) is 0 Å². The van der Waals surface area contributed by atoms with Crippen molar-refractivity contribution >= 4 is 65.8 Å². The molecule has 13 rings (SSSR count). The first-order valence-corrected chi connectivity index (χ1v) is 19.0. The molecule has 0 radical (unpaired) electrons. The number of rotatable bonds is 7. The molecule has 0 saturated heterocycles. The Balaban J connectivity index is 1.13. The first-order valence-electron chi connectivity index (χ1n) is 36.5. The molecule has 3 nitrogen and oxygen atoms in total. The molecule has 3 heteroatoms. The van der Waals surface area contributed by atoms with Crippen LogP contribution in [0.25, 0.3) is 110 Å². The Kier molecular flexibility index (Phi) is 3.60. The van der Waals surface area contributed by atoms with E-state index in [1.807, 2.05) is 0 Å². The monoisotopic (exact) mass is 854 g/mol. The smallest absolute Gasteiger partial charge is 0.144 e.